The van der Waals surface area contributed by atoms with Gasteiger partial charge in [0.1, 0.15) is 0 Å². The van der Waals surface area contributed by atoms with Crippen molar-refractivity contribution < 1.29 is 0 Å². The minimum absolute atomic E-state index is 0.416. The van der Waals surface area contributed by atoms with E-state index < -0.39 is 5.41 Å². The first-order valence-electron chi connectivity index (χ1n) is 17.8. The van der Waals surface area contributed by atoms with Crippen LogP contribution in [0.15, 0.2) is 186 Å². The summed E-state index contributed by atoms with van der Waals surface area (Å²) in [7, 11) is 0. The van der Waals surface area contributed by atoms with E-state index in [-0.39, 0.29) is 0 Å². The van der Waals surface area contributed by atoms with Crippen LogP contribution in [0.4, 0.5) is 0 Å². The molecule has 3 heteroatoms. The minimum Gasteiger partial charge on any atom is -0.309 e. The van der Waals surface area contributed by atoms with Gasteiger partial charge in [-0.1, -0.05) is 127 Å². The molecule has 0 saturated heterocycles. The summed E-state index contributed by atoms with van der Waals surface area (Å²) in [5.74, 6) is 0. The molecule has 1 aliphatic heterocycles. The molecule has 52 heavy (non-hydrogen) atoms. The molecule has 1 aliphatic carbocycles. The van der Waals surface area contributed by atoms with Gasteiger partial charge in [-0.3, -0.25) is 0 Å². The third-order valence-electron chi connectivity index (χ3n) is 11.5. The van der Waals surface area contributed by atoms with E-state index in [4.69, 9.17) is 0 Å². The number of hydrogen-bond donors (Lipinski definition) is 0. The average molecular weight is 696 g/mol. The lowest BCUT2D eigenvalue weighted by Crippen LogP contribution is -2.31. The molecule has 10 aromatic rings. The monoisotopic (exact) mass is 695 g/mol. The Kier molecular flexibility index (Phi) is 5.86. The quantitative estimate of drug-likeness (QED) is 0.174. The molecular formula is C49H29NS2. The zero-order chi connectivity index (χ0) is 34.0. The predicted octanol–water partition coefficient (Wildman–Crippen LogP) is 13.6. The molecule has 0 atom stereocenters. The van der Waals surface area contributed by atoms with Gasteiger partial charge in [-0.25, -0.2) is 0 Å². The van der Waals surface area contributed by atoms with Crippen LogP contribution in [0.25, 0.3) is 69.9 Å². The van der Waals surface area contributed by atoms with Crippen molar-refractivity contribution in [1.82, 2.24) is 4.57 Å². The molecule has 0 fully saturated rings. The third-order valence-corrected chi connectivity index (χ3v) is 13.8. The van der Waals surface area contributed by atoms with Gasteiger partial charge in [0.2, 0.25) is 0 Å². The van der Waals surface area contributed by atoms with Crippen LogP contribution in [0.3, 0.4) is 0 Å². The number of nitrogens with zero attached hydrogens (tertiary/aromatic N) is 1. The number of para-hydroxylation sites is 1. The van der Waals surface area contributed by atoms with Crippen molar-refractivity contribution in [3.05, 3.63) is 198 Å². The highest BCUT2D eigenvalue weighted by atomic mass is 32.2. The molecular weight excluding hydrogens is 667 g/mol. The summed E-state index contributed by atoms with van der Waals surface area (Å²) in [6.45, 7) is 0. The maximum atomic E-state index is 2.53. The van der Waals surface area contributed by atoms with Crippen molar-refractivity contribution in [3.8, 4) is 27.9 Å². The highest BCUT2D eigenvalue weighted by molar-refractivity contribution is 7.99. The van der Waals surface area contributed by atoms with Crippen LogP contribution in [0, 0.1) is 0 Å². The van der Waals surface area contributed by atoms with Crippen LogP contribution in [0.5, 0.6) is 0 Å². The fourth-order valence-corrected chi connectivity index (χ4v) is 11.6. The number of fused-ring (bicyclic) bond motifs is 15. The number of benzene rings is 8. The van der Waals surface area contributed by atoms with E-state index in [0.717, 1.165) is 0 Å². The second-order valence-corrected chi connectivity index (χ2v) is 16.2. The van der Waals surface area contributed by atoms with Gasteiger partial charge in [-0.05, 0) is 105 Å². The zero-order valence-electron chi connectivity index (χ0n) is 28.0. The molecule has 1 spiro atoms. The summed E-state index contributed by atoms with van der Waals surface area (Å²) in [6.07, 6.45) is 0. The van der Waals surface area contributed by atoms with Crippen LogP contribution in [0.1, 0.15) is 22.3 Å². The molecule has 12 rings (SSSR count). The van der Waals surface area contributed by atoms with E-state index >= 15 is 0 Å². The molecule has 0 saturated carbocycles. The molecule has 242 valence electrons. The summed E-state index contributed by atoms with van der Waals surface area (Å²) >= 11 is 3.77. The molecule has 1 nitrogen and oxygen atoms in total. The number of thiophene rings is 1. The lowest BCUT2D eigenvalue weighted by molar-refractivity contribution is 0.723. The van der Waals surface area contributed by atoms with Crippen LogP contribution in [-0.4, -0.2) is 4.57 Å². The second kappa shape index (κ2) is 10.6. The minimum atomic E-state index is -0.416. The van der Waals surface area contributed by atoms with Gasteiger partial charge < -0.3 is 4.57 Å². The third kappa shape index (κ3) is 3.74. The first-order valence-corrected chi connectivity index (χ1v) is 19.5. The fraction of sp³-hybridized carbons (Fsp3) is 0.0204. The molecule has 2 aromatic heterocycles. The molecule has 0 amide bonds. The van der Waals surface area contributed by atoms with Crippen molar-refractivity contribution in [2.24, 2.45) is 0 Å². The molecule has 0 radical (unpaired) electrons. The highest BCUT2D eigenvalue weighted by Crippen LogP contribution is 2.62. The number of hydrogen-bond acceptors (Lipinski definition) is 2. The maximum Gasteiger partial charge on any atom is 0.0736 e. The summed E-state index contributed by atoms with van der Waals surface area (Å²) < 4.78 is 5.17. The topological polar surface area (TPSA) is 4.93 Å². The number of aromatic nitrogens is 1. The van der Waals surface area contributed by atoms with Crippen molar-refractivity contribution in [1.29, 1.82) is 0 Å². The van der Waals surface area contributed by atoms with Crippen molar-refractivity contribution in [3.63, 3.8) is 0 Å². The molecule has 2 aliphatic rings. The normalized spacial score (nSPS) is 13.8. The van der Waals surface area contributed by atoms with Crippen molar-refractivity contribution in [2.75, 3.05) is 0 Å². The first kappa shape index (κ1) is 28.8. The zero-order valence-corrected chi connectivity index (χ0v) is 29.6. The summed E-state index contributed by atoms with van der Waals surface area (Å²) in [5, 5.41) is 5.21. The van der Waals surface area contributed by atoms with Crippen molar-refractivity contribution in [2.45, 2.75) is 15.2 Å². The Labute approximate surface area is 309 Å². The number of rotatable bonds is 2. The Morgan fingerprint density at radius 1 is 0.385 bits per heavy atom. The highest BCUT2D eigenvalue weighted by Gasteiger charge is 2.50. The smallest absolute Gasteiger partial charge is 0.0736 e. The van der Waals surface area contributed by atoms with E-state index in [2.05, 4.69) is 180 Å². The van der Waals surface area contributed by atoms with Gasteiger partial charge in [-0.2, -0.15) is 0 Å². The largest absolute Gasteiger partial charge is 0.309 e. The SMILES string of the molecule is c1cc(-c2ccc3sc4ccccc4c3c2)cc(-n2c3ccccc3c3cc4c(cc32)C2(c3ccccc3Sc3ccccc32)c2ccccc2-4)c1. The van der Waals surface area contributed by atoms with E-state index in [1.165, 1.54) is 102 Å². The average Bonchev–Trinajstić information content (AvgIpc) is 3.83. The molecule has 0 unspecified atom stereocenters. The Balaban J connectivity index is 1.14. The molecule has 0 N–H and O–H groups in total. The van der Waals surface area contributed by atoms with Gasteiger partial charge in [0.05, 0.1) is 16.4 Å². The Hall–Kier alpha value is -5.87. The van der Waals surface area contributed by atoms with E-state index in [0.29, 0.717) is 0 Å². The summed E-state index contributed by atoms with van der Waals surface area (Å²) in [5.41, 5.74) is 13.8. The molecule has 0 bridgehead atoms. The van der Waals surface area contributed by atoms with Gasteiger partial charge in [0.25, 0.3) is 0 Å². The van der Waals surface area contributed by atoms with Crippen LogP contribution < -0.4 is 0 Å². The molecule has 3 heterocycles. The van der Waals surface area contributed by atoms with E-state index in [9.17, 15) is 0 Å². The lowest BCUT2D eigenvalue weighted by atomic mass is 9.67. The Bertz CT molecular complexity index is 3080. The predicted molar refractivity (Wildman–Crippen MR) is 221 cm³/mol. The lowest BCUT2D eigenvalue weighted by Gasteiger charge is -2.39. The standard InChI is InChI=1S/C49H29NS2/c1-4-17-39-33(14-1)36-28-37-34-15-2-7-20-43(34)50(32-13-11-12-30(26-32)31-24-25-46-38(27-31)35-16-3-8-21-45(35)51-46)44(37)29-42(36)49(39)40-18-5-9-22-47(40)52-48-23-10-6-19-41(48)49/h1-29H. The fourth-order valence-electron chi connectivity index (χ4n) is 9.32. The van der Waals surface area contributed by atoms with Gasteiger partial charge >= 0.3 is 0 Å². The van der Waals surface area contributed by atoms with Crippen LogP contribution >= 0.6 is 23.1 Å². The van der Waals surface area contributed by atoms with Crippen LogP contribution in [-0.2, 0) is 5.41 Å². The van der Waals surface area contributed by atoms with Crippen LogP contribution in [0.2, 0.25) is 0 Å². The van der Waals surface area contributed by atoms with Crippen molar-refractivity contribution >= 4 is 65.1 Å². The maximum absolute atomic E-state index is 2.53. The first-order chi connectivity index (χ1) is 25.8. The summed E-state index contributed by atoms with van der Waals surface area (Å²) in [4.78, 5) is 2.65. The Morgan fingerprint density at radius 2 is 1.06 bits per heavy atom. The second-order valence-electron chi connectivity index (χ2n) is 14.0. The van der Waals surface area contributed by atoms with Gasteiger partial charge in [0, 0.05) is 46.4 Å². The van der Waals surface area contributed by atoms with Gasteiger partial charge in [0.15, 0.2) is 0 Å². The molecule has 8 aromatic carbocycles. The van der Waals surface area contributed by atoms with E-state index in [1.54, 1.807) is 0 Å². The Morgan fingerprint density at radius 3 is 1.90 bits per heavy atom. The summed E-state index contributed by atoms with van der Waals surface area (Å²) in [6, 6.07) is 66.0. The van der Waals surface area contributed by atoms with E-state index in [1.807, 2.05) is 23.1 Å². The van der Waals surface area contributed by atoms with Gasteiger partial charge in [-0.15, -0.1) is 11.3 Å².